The van der Waals surface area contributed by atoms with Crippen molar-refractivity contribution >= 4 is 6.09 Å². The van der Waals surface area contributed by atoms with E-state index in [1.165, 1.54) is 4.90 Å². The van der Waals surface area contributed by atoms with Crippen LogP contribution in [0.2, 0.25) is 0 Å². The van der Waals surface area contributed by atoms with E-state index in [-0.39, 0.29) is 12.1 Å². The molecule has 1 heterocycles. The summed E-state index contributed by atoms with van der Waals surface area (Å²) in [6.07, 6.45) is 4.74. The zero-order chi connectivity index (χ0) is 9.14. The third-order valence-electron chi connectivity index (χ3n) is 2.03. The lowest BCUT2D eigenvalue weighted by Crippen LogP contribution is -2.33. The molecule has 0 saturated carbocycles. The average molecular weight is 169 g/mol. The molecule has 1 rings (SSSR count). The van der Waals surface area contributed by atoms with Crippen LogP contribution >= 0.6 is 0 Å². The van der Waals surface area contributed by atoms with Gasteiger partial charge in [0.2, 0.25) is 0 Å². The summed E-state index contributed by atoms with van der Waals surface area (Å²) in [7, 11) is 1.56. The van der Waals surface area contributed by atoms with E-state index < -0.39 is 6.09 Å². The van der Waals surface area contributed by atoms with Gasteiger partial charge < -0.3 is 9.84 Å². The molecule has 12 heavy (non-hydrogen) atoms. The maximum atomic E-state index is 10.6. The van der Waals surface area contributed by atoms with E-state index in [0.29, 0.717) is 13.0 Å². The molecule has 0 aromatic heterocycles. The molecule has 1 saturated heterocycles. The molecule has 4 heteroatoms. The number of methoxy groups -OCH3 is 1. The van der Waals surface area contributed by atoms with E-state index in [1.807, 2.05) is 0 Å². The summed E-state index contributed by atoms with van der Waals surface area (Å²) in [5.74, 6) is 2.42. The number of rotatable bonds is 1. The summed E-state index contributed by atoms with van der Waals surface area (Å²) in [4.78, 5) is 11.8. The molecule has 0 radical (unpaired) electrons. The van der Waals surface area contributed by atoms with Gasteiger partial charge in [0.15, 0.2) is 0 Å². The van der Waals surface area contributed by atoms with Gasteiger partial charge in [-0.15, -0.1) is 6.42 Å². The number of hydrogen-bond acceptors (Lipinski definition) is 2. The Morgan fingerprint density at radius 1 is 1.83 bits per heavy atom. The minimum Gasteiger partial charge on any atom is -0.465 e. The van der Waals surface area contributed by atoms with Crippen LogP contribution in [0, 0.1) is 12.3 Å². The van der Waals surface area contributed by atoms with E-state index in [9.17, 15) is 4.79 Å². The smallest absolute Gasteiger partial charge is 0.408 e. The second-order valence-corrected chi connectivity index (χ2v) is 2.71. The normalized spacial score (nSPS) is 28.5. The molecule has 0 unspecified atom stereocenters. The lowest BCUT2D eigenvalue weighted by molar-refractivity contribution is 0.103. The van der Waals surface area contributed by atoms with E-state index in [2.05, 4.69) is 5.92 Å². The highest BCUT2D eigenvalue weighted by molar-refractivity contribution is 5.66. The molecule has 0 aromatic rings. The van der Waals surface area contributed by atoms with E-state index in [0.717, 1.165) is 0 Å². The predicted octanol–water partition coefficient (Wildman–Crippen LogP) is 0.387. The van der Waals surface area contributed by atoms with Crippen molar-refractivity contribution < 1.29 is 14.6 Å². The Bertz CT molecular complexity index is 221. The quantitative estimate of drug-likeness (QED) is 0.577. The first-order chi connectivity index (χ1) is 5.69. The zero-order valence-corrected chi connectivity index (χ0v) is 6.86. The molecule has 1 amide bonds. The van der Waals surface area contributed by atoms with Gasteiger partial charge in [-0.3, -0.25) is 4.90 Å². The topological polar surface area (TPSA) is 49.8 Å². The summed E-state index contributed by atoms with van der Waals surface area (Å²) in [6.45, 7) is 0.376. The van der Waals surface area contributed by atoms with Crippen molar-refractivity contribution in [3.05, 3.63) is 0 Å². The summed E-state index contributed by atoms with van der Waals surface area (Å²) in [5.41, 5.74) is 0. The fourth-order valence-corrected chi connectivity index (χ4v) is 1.34. The van der Waals surface area contributed by atoms with Crippen LogP contribution in [-0.4, -0.2) is 41.9 Å². The highest BCUT2D eigenvalue weighted by Gasteiger charge is 2.33. The number of likely N-dealkylation sites (tertiary alicyclic amines) is 1. The summed E-state index contributed by atoms with van der Waals surface area (Å²) < 4.78 is 5.02. The first kappa shape index (κ1) is 8.88. The fraction of sp³-hybridized carbons (Fsp3) is 0.625. The molecule has 0 aliphatic carbocycles. The van der Waals surface area contributed by atoms with Crippen LogP contribution in [0.4, 0.5) is 4.79 Å². The molecule has 2 atom stereocenters. The van der Waals surface area contributed by atoms with Crippen LogP contribution in [-0.2, 0) is 4.74 Å². The minimum atomic E-state index is -0.975. The second kappa shape index (κ2) is 3.46. The first-order valence-electron chi connectivity index (χ1n) is 3.67. The second-order valence-electron chi connectivity index (χ2n) is 2.71. The highest BCUT2D eigenvalue weighted by Crippen LogP contribution is 2.18. The molecule has 4 nitrogen and oxygen atoms in total. The SMILES string of the molecule is C#C[C@@H]1C[C@@H](OC)CN1C(=O)O. The van der Waals surface area contributed by atoms with Gasteiger partial charge in [0.05, 0.1) is 18.7 Å². The number of terminal acetylenes is 1. The summed E-state index contributed by atoms with van der Waals surface area (Å²) in [5, 5.41) is 8.70. The van der Waals surface area contributed by atoms with E-state index >= 15 is 0 Å². The Balaban J connectivity index is 2.64. The van der Waals surface area contributed by atoms with Crippen molar-refractivity contribution in [1.82, 2.24) is 4.90 Å². The molecule has 1 N–H and O–H groups in total. The molecule has 1 aliphatic rings. The molecular formula is C8H11NO3. The molecule has 1 fully saturated rings. The Hall–Kier alpha value is -1.21. The number of hydrogen-bond donors (Lipinski definition) is 1. The molecule has 0 bridgehead atoms. The van der Waals surface area contributed by atoms with Crippen molar-refractivity contribution in [1.29, 1.82) is 0 Å². The van der Waals surface area contributed by atoms with Crippen LogP contribution in [0.15, 0.2) is 0 Å². The molecule has 1 aliphatic heterocycles. The fourth-order valence-electron chi connectivity index (χ4n) is 1.34. The van der Waals surface area contributed by atoms with Gasteiger partial charge in [-0.05, 0) is 0 Å². The van der Waals surface area contributed by atoms with Gasteiger partial charge >= 0.3 is 6.09 Å². The predicted molar refractivity (Wildman–Crippen MR) is 42.8 cm³/mol. The van der Waals surface area contributed by atoms with Crippen LogP contribution in [0.25, 0.3) is 0 Å². The number of carboxylic acid groups (broad SMARTS) is 1. The van der Waals surface area contributed by atoms with Crippen molar-refractivity contribution in [2.24, 2.45) is 0 Å². The monoisotopic (exact) mass is 169 g/mol. The van der Waals surface area contributed by atoms with Crippen LogP contribution in [0.5, 0.6) is 0 Å². The van der Waals surface area contributed by atoms with Crippen LogP contribution in [0.1, 0.15) is 6.42 Å². The summed E-state index contributed by atoms with van der Waals surface area (Å²) in [6, 6.07) is -0.326. The molecular weight excluding hydrogens is 158 g/mol. The standard InChI is InChI=1S/C8H11NO3/c1-3-6-4-7(12-2)5-9(6)8(10)11/h1,6-7H,4-5H2,2H3,(H,10,11)/t6-,7-/m1/s1. The van der Waals surface area contributed by atoms with Gasteiger partial charge in [-0.25, -0.2) is 4.79 Å². The van der Waals surface area contributed by atoms with E-state index in [4.69, 9.17) is 16.3 Å². The Morgan fingerprint density at radius 2 is 2.50 bits per heavy atom. The number of ether oxygens (including phenoxy) is 1. The van der Waals surface area contributed by atoms with Gasteiger partial charge in [0.1, 0.15) is 0 Å². The maximum absolute atomic E-state index is 10.6. The number of carbonyl (C=O) groups is 1. The number of amides is 1. The first-order valence-corrected chi connectivity index (χ1v) is 3.67. The lowest BCUT2D eigenvalue weighted by Gasteiger charge is -2.15. The molecule has 66 valence electrons. The third-order valence-corrected chi connectivity index (χ3v) is 2.03. The Labute approximate surface area is 71.1 Å². The largest absolute Gasteiger partial charge is 0.465 e. The molecule has 0 spiro atoms. The third kappa shape index (κ3) is 1.51. The van der Waals surface area contributed by atoms with Crippen molar-refractivity contribution in [2.75, 3.05) is 13.7 Å². The summed E-state index contributed by atoms with van der Waals surface area (Å²) >= 11 is 0. The van der Waals surface area contributed by atoms with Gasteiger partial charge in [0.25, 0.3) is 0 Å². The zero-order valence-electron chi connectivity index (χ0n) is 6.86. The van der Waals surface area contributed by atoms with E-state index in [1.54, 1.807) is 7.11 Å². The molecule has 0 aromatic carbocycles. The van der Waals surface area contributed by atoms with Crippen LogP contribution < -0.4 is 0 Å². The van der Waals surface area contributed by atoms with Crippen molar-refractivity contribution in [3.8, 4) is 12.3 Å². The van der Waals surface area contributed by atoms with Crippen molar-refractivity contribution in [3.63, 3.8) is 0 Å². The highest BCUT2D eigenvalue weighted by atomic mass is 16.5. The van der Waals surface area contributed by atoms with Gasteiger partial charge in [-0.2, -0.15) is 0 Å². The van der Waals surface area contributed by atoms with Gasteiger partial charge in [-0.1, -0.05) is 5.92 Å². The van der Waals surface area contributed by atoms with Crippen molar-refractivity contribution in [2.45, 2.75) is 18.6 Å². The maximum Gasteiger partial charge on any atom is 0.408 e. The number of nitrogens with zero attached hydrogens (tertiary/aromatic N) is 1. The minimum absolute atomic E-state index is 0.0536. The van der Waals surface area contributed by atoms with Gasteiger partial charge in [0, 0.05) is 13.5 Å². The Kier molecular flexibility index (Phi) is 2.56. The lowest BCUT2D eigenvalue weighted by atomic mass is 10.2. The average Bonchev–Trinajstić information content (AvgIpc) is 2.47. The van der Waals surface area contributed by atoms with Crippen LogP contribution in [0.3, 0.4) is 0 Å². The Morgan fingerprint density at radius 3 is 2.83 bits per heavy atom.